The standard InChI is InChI=1S/C39H61N3O4S/c1-14-15-16-17-18-19-20-47-42-25-32(45-26-21-28(36(2,3)4)33(43)29(22-26)37(5,6)7)40-35(41-42)46-27-23-30(38(8,9)10)34(44)31(24-27)39(11,12)13/h21-25,43-44H,14-20H2,1-13H3,(H,40,41). The average molecular weight is 668 g/mol. The van der Waals surface area contributed by atoms with Crippen molar-refractivity contribution in [1.29, 1.82) is 0 Å². The van der Waals surface area contributed by atoms with Gasteiger partial charge < -0.3 is 19.7 Å². The molecule has 2 aromatic rings. The van der Waals surface area contributed by atoms with Crippen molar-refractivity contribution in [1.82, 2.24) is 9.84 Å². The lowest BCUT2D eigenvalue weighted by Crippen LogP contribution is -2.41. The molecule has 0 bridgehead atoms. The quantitative estimate of drug-likeness (QED) is 0.162. The molecule has 262 valence electrons. The summed E-state index contributed by atoms with van der Waals surface area (Å²) < 4.78 is 14.8. The first-order valence-electron chi connectivity index (χ1n) is 17.2. The maximum Gasteiger partial charge on any atom is 0.318 e. The maximum absolute atomic E-state index is 11.2. The van der Waals surface area contributed by atoms with Crippen LogP contribution in [0.25, 0.3) is 0 Å². The van der Waals surface area contributed by atoms with E-state index in [2.05, 4.69) is 95.4 Å². The third-order valence-corrected chi connectivity index (χ3v) is 9.16. The Hall–Kier alpha value is -3.00. The minimum atomic E-state index is -0.299. The lowest BCUT2D eigenvalue weighted by Gasteiger charge is -2.30. The van der Waals surface area contributed by atoms with Crippen molar-refractivity contribution in [2.24, 2.45) is 4.99 Å². The van der Waals surface area contributed by atoms with Crippen LogP contribution in [0.1, 0.15) is 151 Å². The lowest BCUT2D eigenvalue weighted by atomic mass is 9.79. The van der Waals surface area contributed by atoms with Gasteiger partial charge in [0.05, 0.1) is 6.20 Å². The van der Waals surface area contributed by atoms with Crippen molar-refractivity contribution < 1.29 is 19.7 Å². The first-order valence-corrected chi connectivity index (χ1v) is 18.2. The van der Waals surface area contributed by atoms with Crippen molar-refractivity contribution in [3.05, 3.63) is 58.6 Å². The fourth-order valence-electron chi connectivity index (χ4n) is 5.44. The second-order valence-corrected chi connectivity index (χ2v) is 17.9. The number of phenols is 2. The third-order valence-electron chi connectivity index (χ3n) is 8.21. The van der Waals surface area contributed by atoms with Crippen LogP contribution in [0.3, 0.4) is 0 Å². The Morgan fingerprint density at radius 2 is 1.04 bits per heavy atom. The monoisotopic (exact) mass is 667 g/mol. The Morgan fingerprint density at radius 1 is 0.638 bits per heavy atom. The van der Waals surface area contributed by atoms with Gasteiger partial charge in [-0.2, -0.15) is 4.99 Å². The molecule has 0 radical (unpaired) electrons. The van der Waals surface area contributed by atoms with Gasteiger partial charge in [0.15, 0.2) is 0 Å². The lowest BCUT2D eigenvalue weighted by molar-refractivity contribution is 0.358. The predicted octanol–water partition coefficient (Wildman–Crippen LogP) is 10.7. The highest BCUT2D eigenvalue weighted by molar-refractivity contribution is 7.97. The van der Waals surface area contributed by atoms with Crippen LogP contribution in [0.2, 0.25) is 0 Å². The van der Waals surface area contributed by atoms with Gasteiger partial charge in [0.1, 0.15) is 23.0 Å². The fraction of sp³-hybridized carbons (Fsp3) is 0.615. The summed E-state index contributed by atoms with van der Waals surface area (Å²) >= 11 is 1.65. The van der Waals surface area contributed by atoms with Gasteiger partial charge in [-0.1, -0.05) is 122 Å². The molecule has 0 aromatic heterocycles. The molecule has 0 spiro atoms. The number of hydrogen-bond acceptors (Lipinski definition) is 8. The number of ether oxygens (including phenoxy) is 2. The van der Waals surface area contributed by atoms with E-state index in [1.54, 1.807) is 11.9 Å². The molecule has 0 aliphatic carbocycles. The number of unbranched alkanes of at least 4 members (excludes halogenated alkanes) is 5. The summed E-state index contributed by atoms with van der Waals surface area (Å²) in [5.41, 5.74) is 5.38. The molecule has 2 aromatic carbocycles. The summed E-state index contributed by atoms with van der Waals surface area (Å²) in [7, 11) is 0. The zero-order chi connectivity index (χ0) is 35.4. The topological polar surface area (TPSA) is 86.6 Å². The van der Waals surface area contributed by atoms with E-state index in [0.717, 1.165) is 34.4 Å². The minimum absolute atomic E-state index is 0.272. The van der Waals surface area contributed by atoms with Crippen LogP contribution < -0.4 is 14.9 Å². The van der Waals surface area contributed by atoms with Crippen LogP contribution in [-0.2, 0) is 21.7 Å². The van der Waals surface area contributed by atoms with Crippen LogP contribution in [-0.4, -0.2) is 26.4 Å². The highest BCUT2D eigenvalue weighted by Crippen LogP contribution is 2.43. The molecular weight excluding hydrogens is 607 g/mol. The van der Waals surface area contributed by atoms with E-state index in [9.17, 15) is 10.2 Å². The van der Waals surface area contributed by atoms with Gasteiger partial charge in [-0.05, 0) is 64.3 Å². The van der Waals surface area contributed by atoms with Gasteiger partial charge in [0, 0.05) is 28.0 Å². The molecule has 3 rings (SSSR count). The van der Waals surface area contributed by atoms with E-state index in [-0.39, 0.29) is 27.7 Å². The van der Waals surface area contributed by atoms with Crippen molar-refractivity contribution in [2.45, 2.75) is 150 Å². The largest absolute Gasteiger partial charge is 0.507 e. The van der Waals surface area contributed by atoms with Gasteiger partial charge in [-0.25, -0.2) is 9.84 Å². The van der Waals surface area contributed by atoms with E-state index in [1.807, 2.05) is 34.9 Å². The Bertz CT molecular complexity index is 1370. The minimum Gasteiger partial charge on any atom is -0.507 e. The van der Waals surface area contributed by atoms with Gasteiger partial charge in [-0.15, -0.1) is 0 Å². The molecule has 3 N–H and O–H groups in total. The summed E-state index contributed by atoms with van der Waals surface area (Å²) in [6.07, 6.45) is 9.21. The second-order valence-electron chi connectivity index (χ2n) is 16.9. The molecule has 0 saturated heterocycles. The Labute approximate surface area is 289 Å². The molecule has 1 aliphatic heterocycles. The van der Waals surface area contributed by atoms with Gasteiger partial charge in [0.25, 0.3) is 0 Å². The third kappa shape index (κ3) is 10.8. The Balaban J connectivity index is 2.00. The second kappa shape index (κ2) is 15.0. The number of amidine groups is 1. The summed E-state index contributed by atoms with van der Waals surface area (Å²) in [6.45, 7) is 27.2. The van der Waals surface area contributed by atoms with Gasteiger partial charge in [-0.3, -0.25) is 0 Å². The van der Waals surface area contributed by atoms with Crippen molar-refractivity contribution in [3.8, 4) is 23.0 Å². The summed E-state index contributed by atoms with van der Waals surface area (Å²) in [5, 5.41) is 22.5. The molecular formula is C39H61N3O4S. The number of phenolic OH excluding ortho intramolecular Hbond substituents is 2. The number of rotatable bonds is 11. The van der Waals surface area contributed by atoms with Crippen molar-refractivity contribution in [2.75, 3.05) is 5.75 Å². The molecule has 1 aliphatic rings. The van der Waals surface area contributed by atoms with Crippen LogP contribution >= 0.6 is 11.9 Å². The number of aliphatic imine (C=N–C) groups is 1. The summed E-state index contributed by atoms with van der Waals surface area (Å²) in [5.74, 6) is 3.08. The summed E-state index contributed by atoms with van der Waals surface area (Å²) in [4.78, 5) is 4.76. The first kappa shape index (κ1) is 38.4. The van der Waals surface area contributed by atoms with E-state index in [0.29, 0.717) is 28.9 Å². The summed E-state index contributed by atoms with van der Waals surface area (Å²) in [6, 6.07) is 7.87. The average Bonchev–Trinajstić information content (AvgIpc) is 2.91. The van der Waals surface area contributed by atoms with E-state index < -0.39 is 0 Å². The number of aromatic hydroxyl groups is 2. The molecule has 8 heteroatoms. The van der Waals surface area contributed by atoms with Crippen molar-refractivity contribution >= 4 is 18.0 Å². The van der Waals surface area contributed by atoms with E-state index in [4.69, 9.17) is 14.5 Å². The molecule has 0 unspecified atom stereocenters. The van der Waals surface area contributed by atoms with E-state index >= 15 is 0 Å². The maximum atomic E-state index is 11.2. The van der Waals surface area contributed by atoms with Crippen molar-refractivity contribution in [3.63, 3.8) is 0 Å². The predicted molar refractivity (Wildman–Crippen MR) is 199 cm³/mol. The Morgan fingerprint density at radius 3 is 1.47 bits per heavy atom. The molecule has 0 amide bonds. The molecule has 1 heterocycles. The molecule has 7 nitrogen and oxygen atoms in total. The smallest absolute Gasteiger partial charge is 0.318 e. The van der Waals surface area contributed by atoms with Crippen LogP contribution in [0.5, 0.6) is 23.0 Å². The zero-order valence-electron chi connectivity index (χ0n) is 31.4. The van der Waals surface area contributed by atoms with Gasteiger partial charge >= 0.3 is 6.02 Å². The number of benzene rings is 2. The number of hydrazine groups is 1. The Kier molecular flexibility index (Phi) is 12.3. The highest BCUT2D eigenvalue weighted by Gasteiger charge is 2.30. The molecule has 0 fully saturated rings. The molecule has 0 saturated carbocycles. The van der Waals surface area contributed by atoms with Crippen LogP contribution in [0.15, 0.2) is 41.3 Å². The van der Waals surface area contributed by atoms with Crippen LogP contribution in [0.4, 0.5) is 0 Å². The highest BCUT2D eigenvalue weighted by atomic mass is 32.2. The number of hydrogen-bond donors (Lipinski definition) is 3. The van der Waals surface area contributed by atoms with E-state index in [1.165, 1.54) is 32.1 Å². The zero-order valence-corrected chi connectivity index (χ0v) is 32.2. The fourth-order valence-corrected chi connectivity index (χ4v) is 6.28. The molecule has 0 atom stereocenters. The molecule has 47 heavy (non-hydrogen) atoms. The normalized spacial score (nSPS) is 14.4. The number of nitrogens with zero attached hydrogens (tertiary/aromatic N) is 2. The van der Waals surface area contributed by atoms with Crippen LogP contribution in [0, 0.1) is 0 Å². The first-order chi connectivity index (χ1) is 21.6. The SMILES string of the molecule is CCCCCCCCSN1C=C(Oc2cc(C(C)(C)C)c(O)c(C(C)(C)C)c2)N=C(Oc2cc(C(C)(C)C)c(O)c(C(C)(C)C)c2)N1. The van der Waals surface area contributed by atoms with Gasteiger partial charge in [0.2, 0.25) is 5.88 Å². The number of nitrogens with one attached hydrogen (secondary N) is 1.